The molecule has 1 aromatic heterocycles. The molecule has 158 valence electrons. The zero-order valence-electron chi connectivity index (χ0n) is 17.7. The van der Waals surface area contributed by atoms with Crippen LogP contribution in [0.25, 0.3) is 6.08 Å². The van der Waals surface area contributed by atoms with E-state index < -0.39 is 15.9 Å². The number of rotatable bonds is 8. The number of hydrogen-bond donors (Lipinski definition) is 1. The Labute approximate surface area is 173 Å². The molecule has 2 aromatic rings. The fraction of sp³-hybridized carbons (Fsp3) is 0.429. The Morgan fingerprint density at radius 3 is 2.45 bits per heavy atom. The number of amides is 1. The maximum Gasteiger partial charge on any atom is 0.240 e. The highest BCUT2D eigenvalue weighted by Crippen LogP contribution is 2.23. The number of nitrogens with zero attached hydrogens (tertiary/aromatic N) is 3. The van der Waals surface area contributed by atoms with Crippen LogP contribution < -0.4 is 5.32 Å². The fourth-order valence-electron chi connectivity index (χ4n) is 2.65. The topological polar surface area (TPSA) is 84.3 Å². The van der Waals surface area contributed by atoms with Crippen molar-refractivity contribution in [3.8, 4) is 0 Å². The molecule has 0 aliphatic rings. The number of aryl methyl sites for hydroxylation is 1. The molecule has 0 spiro atoms. The van der Waals surface area contributed by atoms with Gasteiger partial charge in [-0.1, -0.05) is 58.0 Å². The lowest BCUT2D eigenvalue weighted by molar-refractivity contribution is -0.116. The Hall–Kier alpha value is -2.45. The van der Waals surface area contributed by atoms with E-state index in [0.29, 0.717) is 12.2 Å². The number of aromatic nitrogens is 2. The van der Waals surface area contributed by atoms with E-state index in [2.05, 4.69) is 10.4 Å². The molecule has 0 saturated heterocycles. The molecule has 1 N–H and O–H groups in total. The van der Waals surface area contributed by atoms with Crippen LogP contribution in [0, 0.1) is 0 Å². The van der Waals surface area contributed by atoms with Crippen LogP contribution in [-0.2, 0) is 27.3 Å². The van der Waals surface area contributed by atoms with Gasteiger partial charge in [-0.25, -0.2) is 8.42 Å². The number of carbonyl (C=O) groups is 1. The third kappa shape index (κ3) is 6.54. The van der Waals surface area contributed by atoms with Gasteiger partial charge in [0.2, 0.25) is 15.9 Å². The Morgan fingerprint density at radius 2 is 1.90 bits per heavy atom. The van der Waals surface area contributed by atoms with Crippen molar-refractivity contribution in [3.05, 3.63) is 53.1 Å². The highest BCUT2D eigenvalue weighted by molar-refractivity contribution is 7.92. The maximum absolute atomic E-state index is 12.7. The van der Waals surface area contributed by atoms with E-state index in [1.54, 1.807) is 11.7 Å². The molecule has 8 heteroatoms. The molecule has 0 atom stereocenters. The largest absolute Gasteiger partial charge is 0.310 e. The summed E-state index contributed by atoms with van der Waals surface area (Å²) in [6, 6.07) is 11.0. The van der Waals surface area contributed by atoms with E-state index in [0.717, 1.165) is 16.7 Å². The zero-order chi connectivity index (χ0) is 21.7. The van der Waals surface area contributed by atoms with Gasteiger partial charge >= 0.3 is 0 Å². The third-order valence-corrected chi connectivity index (χ3v) is 5.81. The van der Waals surface area contributed by atoms with Crippen LogP contribution in [0.15, 0.2) is 41.8 Å². The van der Waals surface area contributed by atoms with Gasteiger partial charge in [-0.05, 0) is 18.1 Å². The lowest BCUT2D eigenvalue weighted by Gasteiger charge is -2.19. The summed E-state index contributed by atoms with van der Waals surface area (Å²) in [5.74, 6) is 0.132. The van der Waals surface area contributed by atoms with Gasteiger partial charge in [0.1, 0.15) is 5.82 Å². The van der Waals surface area contributed by atoms with Crippen LogP contribution in [0.5, 0.6) is 0 Å². The molecule has 0 fully saturated rings. The average Bonchev–Trinajstić information content (AvgIpc) is 3.01. The van der Waals surface area contributed by atoms with E-state index in [9.17, 15) is 13.2 Å². The molecule has 0 unspecified atom stereocenters. The van der Waals surface area contributed by atoms with E-state index in [1.807, 2.05) is 64.1 Å². The zero-order valence-corrected chi connectivity index (χ0v) is 18.5. The summed E-state index contributed by atoms with van der Waals surface area (Å²) >= 11 is 0. The van der Waals surface area contributed by atoms with E-state index in [1.165, 1.54) is 10.4 Å². The minimum Gasteiger partial charge on any atom is -0.310 e. The lowest BCUT2D eigenvalue weighted by Crippen LogP contribution is -2.37. The van der Waals surface area contributed by atoms with Crippen molar-refractivity contribution in [1.29, 1.82) is 0 Å². The quantitative estimate of drug-likeness (QED) is 0.712. The molecule has 0 radical (unpaired) electrons. The summed E-state index contributed by atoms with van der Waals surface area (Å²) < 4.78 is 28.2. The van der Waals surface area contributed by atoms with Crippen molar-refractivity contribution >= 4 is 27.8 Å². The number of benzene rings is 1. The van der Waals surface area contributed by atoms with Crippen molar-refractivity contribution < 1.29 is 13.2 Å². The second kappa shape index (κ2) is 9.37. The first-order valence-corrected chi connectivity index (χ1v) is 11.1. The number of carbonyl (C=O) groups excluding carboxylic acids is 1. The molecular weight excluding hydrogens is 388 g/mol. The monoisotopic (exact) mass is 418 g/mol. The summed E-state index contributed by atoms with van der Waals surface area (Å²) in [5, 5.41) is 8.34. The molecule has 2 rings (SSSR count). The van der Waals surface area contributed by atoms with Gasteiger partial charge in [0.25, 0.3) is 0 Å². The van der Waals surface area contributed by atoms with Crippen LogP contribution in [-0.4, -0.2) is 41.5 Å². The molecule has 7 nitrogen and oxygen atoms in total. The first-order chi connectivity index (χ1) is 13.5. The molecule has 1 heterocycles. The second-order valence-electron chi connectivity index (χ2n) is 7.93. The predicted molar refractivity (Wildman–Crippen MR) is 117 cm³/mol. The van der Waals surface area contributed by atoms with Gasteiger partial charge in [-0.3, -0.25) is 9.48 Å². The Balaban J connectivity index is 2.12. The van der Waals surface area contributed by atoms with Crippen LogP contribution in [0.3, 0.4) is 0 Å². The highest BCUT2D eigenvalue weighted by atomic mass is 32.2. The van der Waals surface area contributed by atoms with Crippen LogP contribution in [0.4, 0.5) is 5.82 Å². The minimum absolute atomic E-state index is 0.152. The summed E-state index contributed by atoms with van der Waals surface area (Å²) in [6.45, 7) is 7.98. The van der Waals surface area contributed by atoms with Gasteiger partial charge in [0, 0.05) is 30.5 Å². The second-order valence-corrected chi connectivity index (χ2v) is 9.75. The van der Waals surface area contributed by atoms with Gasteiger partial charge in [0.15, 0.2) is 0 Å². The van der Waals surface area contributed by atoms with E-state index in [-0.39, 0.29) is 18.5 Å². The van der Waals surface area contributed by atoms with Crippen molar-refractivity contribution in [3.63, 3.8) is 0 Å². The fourth-order valence-corrected chi connectivity index (χ4v) is 3.89. The lowest BCUT2D eigenvalue weighted by atomic mass is 9.92. The van der Waals surface area contributed by atoms with Crippen LogP contribution >= 0.6 is 0 Å². The standard InChI is InChI=1S/C21H30N4O3S/c1-6-13-25(29(27,28)14-12-17-10-8-7-9-11-17)16-20(26)22-19-15-18(21(2,3)4)23-24(19)5/h7-12,14-15H,6,13,16H2,1-5H3,(H,22,26)/b14-12+. The van der Waals surface area contributed by atoms with Gasteiger partial charge < -0.3 is 5.32 Å². The SMILES string of the molecule is CCCN(CC(=O)Nc1cc(C(C)(C)C)nn1C)S(=O)(=O)/C=C/c1ccccc1. The molecule has 1 amide bonds. The van der Waals surface area contributed by atoms with Crippen LogP contribution in [0.1, 0.15) is 45.4 Å². The van der Waals surface area contributed by atoms with Crippen molar-refractivity contribution in [1.82, 2.24) is 14.1 Å². The summed E-state index contributed by atoms with van der Waals surface area (Å²) in [6.07, 6.45) is 2.14. The Morgan fingerprint density at radius 1 is 1.24 bits per heavy atom. The van der Waals surface area contributed by atoms with E-state index >= 15 is 0 Å². The van der Waals surface area contributed by atoms with Gasteiger partial charge in [-0.15, -0.1) is 0 Å². The summed E-state index contributed by atoms with van der Waals surface area (Å²) in [4.78, 5) is 12.5. The van der Waals surface area contributed by atoms with Gasteiger partial charge in [0.05, 0.1) is 12.2 Å². The third-order valence-electron chi connectivity index (χ3n) is 4.30. The molecule has 1 aromatic carbocycles. The predicted octanol–water partition coefficient (Wildman–Crippen LogP) is 3.37. The smallest absolute Gasteiger partial charge is 0.240 e. The summed E-state index contributed by atoms with van der Waals surface area (Å²) in [7, 11) is -1.98. The molecule has 0 bridgehead atoms. The molecule has 0 aliphatic carbocycles. The van der Waals surface area contributed by atoms with Crippen molar-refractivity contribution in [2.75, 3.05) is 18.4 Å². The average molecular weight is 419 g/mol. The number of nitrogens with one attached hydrogen (secondary N) is 1. The highest BCUT2D eigenvalue weighted by Gasteiger charge is 2.23. The molecule has 0 saturated carbocycles. The number of anilines is 1. The van der Waals surface area contributed by atoms with Crippen LogP contribution in [0.2, 0.25) is 0 Å². The number of sulfonamides is 1. The Kier molecular flexibility index (Phi) is 7.37. The van der Waals surface area contributed by atoms with Gasteiger partial charge in [-0.2, -0.15) is 9.40 Å². The number of hydrogen-bond acceptors (Lipinski definition) is 4. The maximum atomic E-state index is 12.7. The summed E-state index contributed by atoms with van der Waals surface area (Å²) in [5.41, 5.74) is 1.47. The normalized spacial score (nSPS) is 12.6. The Bertz CT molecular complexity index is 958. The molecule has 0 aliphatic heterocycles. The first-order valence-electron chi connectivity index (χ1n) is 9.60. The van der Waals surface area contributed by atoms with E-state index in [4.69, 9.17) is 0 Å². The molecular formula is C21H30N4O3S. The minimum atomic E-state index is -3.73. The van der Waals surface area contributed by atoms with Crippen molar-refractivity contribution in [2.45, 2.75) is 39.5 Å². The molecule has 29 heavy (non-hydrogen) atoms. The van der Waals surface area contributed by atoms with Crippen molar-refractivity contribution in [2.24, 2.45) is 7.05 Å². The first kappa shape index (κ1) is 22.8.